The van der Waals surface area contributed by atoms with Gasteiger partial charge in [0.25, 0.3) is 0 Å². The molecule has 3 rings (SSSR count). The maximum Gasteiger partial charge on any atom is 0.133 e. The second kappa shape index (κ2) is 2.56. The van der Waals surface area contributed by atoms with Gasteiger partial charge in [0, 0.05) is 24.1 Å². The summed E-state index contributed by atoms with van der Waals surface area (Å²) >= 11 is 1.82. The Balaban J connectivity index is 2.09. The lowest BCUT2D eigenvalue weighted by Crippen LogP contribution is -2.28. The van der Waals surface area contributed by atoms with Crippen molar-refractivity contribution < 1.29 is 5.11 Å². The zero-order chi connectivity index (χ0) is 8.84. The number of anilines is 1. The molecular weight excluding hydrogens is 184 g/mol. The molecule has 0 spiro atoms. The van der Waals surface area contributed by atoms with Crippen molar-refractivity contribution in [1.29, 1.82) is 0 Å². The molecular formula is C9H10N2OS. The molecule has 1 atom stereocenters. The van der Waals surface area contributed by atoms with Gasteiger partial charge >= 0.3 is 0 Å². The molecule has 0 aromatic heterocycles. The molecule has 0 bridgehead atoms. The Bertz CT molecular complexity index is 355. The molecule has 1 aromatic rings. The summed E-state index contributed by atoms with van der Waals surface area (Å²) in [5.41, 5.74) is 1.55. The maximum atomic E-state index is 9.36. The van der Waals surface area contributed by atoms with Crippen LogP contribution < -0.4 is 10.2 Å². The third-order valence-corrected chi connectivity index (χ3v) is 3.69. The minimum atomic E-state index is 0.354. The van der Waals surface area contributed by atoms with Crippen molar-refractivity contribution in [3.05, 3.63) is 18.2 Å². The average molecular weight is 194 g/mol. The highest BCUT2D eigenvalue weighted by Crippen LogP contribution is 2.44. The van der Waals surface area contributed by atoms with Gasteiger partial charge in [-0.25, -0.2) is 0 Å². The topological polar surface area (TPSA) is 35.5 Å². The summed E-state index contributed by atoms with van der Waals surface area (Å²) in [5, 5.41) is 12.8. The number of phenols is 1. The number of hydrogen-bond donors (Lipinski definition) is 2. The van der Waals surface area contributed by atoms with E-state index in [1.54, 1.807) is 6.07 Å². The predicted octanol–water partition coefficient (Wildman–Crippen LogP) is 1.19. The molecule has 2 aliphatic rings. The van der Waals surface area contributed by atoms with Crippen LogP contribution in [0.1, 0.15) is 0 Å². The zero-order valence-electron chi connectivity index (χ0n) is 7.03. The fraction of sp³-hybridized carbons (Fsp3) is 0.333. The van der Waals surface area contributed by atoms with Crippen LogP contribution in [0, 0.1) is 0 Å². The normalized spacial score (nSPS) is 24.6. The van der Waals surface area contributed by atoms with Gasteiger partial charge in [-0.2, -0.15) is 0 Å². The van der Waals surface area contributed by atoms with E-state index >= 15 is 0 Å². The summed E-state index contributed by atoms with van der Waals surface area (Å²) < 4.78 is 0. The van der Waals surface area contributed by atoms with Crippen LogP contribution in [0.4, 0.5) is 5.69 Å². The van der Waals surface area contributed by atoms with E-state index in [0.29, 0.717) is 11.2 Å². The second-order valence-electron chi connectivity index (χ2n) is 3.27. The lowest BCUT2D eigenvalue weighted by Gasteiger charge is -2.16. The third-order valence-electron chi connectivity index (χ3n) is 2.45. The molecule has 0 radical (unpaired) electrons. The molecule has 1 aromatic carbocycles. The van der Waals surface area contributed by atoms with E-state index in [4.69, 9.17) is 0 Å². The van der Waals surface area contributed by atoms with Gasteiger partial charge in [-0.05, 0) is 12.1 Å². The Morgan fingerprint density at radius 3 is 3.38 bits per heavy atom. The fourth-order valence-electron chi connectivity index (χ4n) is 1.84. The van der Waals surface area contributed by atoms with Crippen molar-refractivity contribution in [3.8, 4) is 5.75 Å². The Labute approximate surface area is 80.7 Å². The SMILES string of the molecule is Oc1ccc2c(c1)N1CCNC1S2. The van der Waals surface area contributed by atoms with Crippen LogP contribution in [0.5, 0.6) is 5.75 Å². The van der Waals surface area contributed by atoms with Crippen LogP contribution in [0.2, 0.25) is 0 Å². The molecule has 68 valence electrons. The van der Waals surface area contributed by atoms with E-state index in [1.807, 2.05) is 23.9 Å². The molecule has 13 heavy (non-hydrogen) atoms. The van der Waals surface area contributed by atoms with Crippen LogP contribution in [0.15, 0.2) is 23.1 Å². The van der Waals surface area contributed by atoms with Gasteiger partial charge in [-0.15, -0.1) is 0 Å². The molecule has 1 saturated heterocycles. The number of thioether (sulfide) groups is 1. The number of benzene rings is 1. The summed E-state index contributed by atoms with van der Waals surface area (Å²) in [6.07, 6.45) is 0. The molecule has 2 aliphatic heterocycles. The lowest BCUT2D eigenvalue weighted by atomic mass is 10.3. The van der Waals surface area contributed by atoms with E-state index in [9.17, 15) is 5.11 Å². The average Bonchev–Trinajstić information content (AvgIpc) is 2.64. The molecule has 2 heterocycles. The Hall–Kier alpha value is -0.870. The molecule has 0 aliphatic carbocycles. The summed E-state index contributed by atoms with van der Waals surface area (Å²) in [4.78, 5) is 3.55. The standard InChI is InChI=1S/C9H10N2OS/c12-6-1-2-8-7(5-6)11-4-3-10-9(11)13-8/h1-2,5,9-10,12H,3-4H2. The van der Waals surface area contributed by atoms with Gasteiger partial charge < -0.3 is 10.0 Å². The number of rotatable bonds is 0. The second-order valence-corrected chi connectivity index (χ2v) is 4.39. The van der Waals surface area contributed by atoms with Gasteiger partial charge in [0.1, 0.15) is 11.2 Å². The number of nitrogens with one attached hydrogen (secondary N) is 1. The molecule has 0 amide bonds. The van der Waals surface area contributed by atoms with Gasteiger partial charge in [0.15, 0.2) is 0 Å². The monoisotopic (exact) mass is 194 g/mol. The van der Waals surface area contributed by atoms with Crippen LogP contribution in [-0.4, -0.2) is 23.7 Å². The van der Waals surface area contributed by atoms with Crippen molar-refractivity contribution in [3.63, 3.8) is 0 Å². The number of hydrogen-bond acceptors (Lipinski definition) is 4. The van der Waals surface area contributed by atoms with Crippen molar-refractivity contribution in [1.82, 2.24) is 5.32 Å². The van der Waals surface area contributed by atoms with Gasteiger partial charge in [0.2, 0.25) is 0 Å². The molecule has 4 heteroatoms. The highest BCUT2D eigenvalue weighted by atomic mass is 32.2. The summed E-state index contributed by atoms with van der Waals surface area (Å²) in [6, 6.07) is 5.57. The number of fused-ring (bicyclic) bond motifs is 3. The lowest BCUT2D eigenvalue weighted by molar-refractivity contribution is 0.475. The molecule has 1 unspecified atom stereocenters. The van der Waals surface area contributed by atoms with Gasteiger partial charge in [-0.3, -0.25) is 5.32 Å². The Morgan fingerprint density at radius 2 is 2.46 bits per heavy atom. The van der Waals surface area contributed by atoms with Gasteiger partial charge in [-0.1, -0.05) is 11.8 Å². The predicted molar refractivity (Wildman–Crippen MR) is 53.1 cm³/mol. The van der Waals surface area contributed by atoms with Crippen LogP contribution >= 0.6 is 11.8 Å². The first kappa shape index (κ1) is 7.53. The summed E-state index contributed by atoms with van der Waals surface area (Å²) in [7, 11) is 0. The summed E-state index contributed by atoms with van der Waals surface area (Å²) in [5.74, 6) is 0.354. The van der Waals surface area contributed by atoms with E-state index in [1.165, 1.54) is 10.6 Å². The highest BCUT2D eigenvalue weighted by molar-refractivity contribution is 8.00. The van der Waals surface area contributed by atoms with Gasteiger partial charge in [0.05, 0.1) is 5.69 Å². The zero-order valence-corrected chi connectivity index (χ0v) is 7.84. The first-order chi connectivity index (χ1) is 6.34. The van der Waals surface area contributed by atoms with E-state index in [0.717, 1.165) is 13.1 Å². The largest absolute Gasteiger partial charge is 0.508 e. The minimum absolute atomic E-state index is 0.354. The van der Waals surface area contributed by atoms with Crippen molar-refractivity contribution >= 4 is 17.4 Å². The quantitative estimate of drug-likeness (QED) is 0.650. The summed E-state index contributed by atoms with van der Waals surface area (Å²) in [6.45, 7) is 2.07. The minimum Gasteiger partial charge on any atom is -0.508 e. The molecule has 0 saturated carbocycles. The van der Waals surface area contributed by atoms with E-state index in [-0.39, 0.29) is 0 Å². The first-order valence-electron chi connectivity index (χ1n) is 4.34. The number of nitrogens with zero attached hydrogens (tertiary/aromatic N) is 1. The van der Waals surface area contributed by atoms with Crippen LogP contribution in [-0.2, 0) is 0 Å². The van der Waals surface area contributed by atoms with E-state index in [2.05, 4.69) is 10.2 Å². The van der Waals surface area contributed by atoms with Crippen LogP contribution in [0.25, 0.3) is 0 Å². The molecule has 2 N–H and O–H groups in total. The number of aromatic hydroxyl groups is 1. The Kier molecular flexibility index (Phi) is 1.48. The smallest absolute Gasteiger partial charge is 0.133 e. The highest BCUT2D eigenvalue weighted by Gasteiger charge is 2.33. The number of phenolic OH excluding ortho intramolecular Hbond substituents is 1. The van der Waals surface area contributed by atoms with Crippen molar-refractivity contribution in [2.45, 2.75) is 10.4 Å². The maximum absolute atomic E-state index is 9.36. The Morgan fingerprint density at radius 1 is 1.54 bits per heavy atom. The van der Waals surface area contributed by atoms with Crippen molar-refractivity contribution in [2.24, 2.45) is 0 Å². The molecule has 3 nitrogen and oxygen atoms in total. The fourth-order valence-corrected chi connectivity index (χ4v) is 3.07. The molecule has 1 fully saturated rings. The van der Waals surface area contributed by atoms with E-state index < -0.39 is 0 Å². The third kappa shape index (κ3) is 1.02. The van der Waals surface area contributed by atoms with Crippen molar-refractivity contribution in [2.75, 3.05) is 18.0 Å². The van der Waals surface area contributed by atoms with Crippen LogP contribution in [0.3, 0.4) is 0 Å². The first-order valence-corrected chi connectivity index (χ1v) is 5.22.